The molecule has 1 N–H and O–H groups in total. The van der Waals surface area contributed by atoms with Gasteiger partial charge in [0.15, 0.2) is 0 Å². The van der Waals surface area contributed by atoms with E-state index in [2.05, 4.69) is 31.2 Å². The van der Waals surface area contributed by atoms with Gasteiger partial charge in [-0.3, -0.25) is 14.9 Å². The van der Waals surface area contributed by atoms with E-state index in [0.717, 1.165) is 31.0 Å². The molecule has 2 aromatic heterocycles. The van der Waals surface area contributed by atoms with E-state index in [-0.39, 0.29) is 0 Å². The monoisotopic (exact) mass is 269 g/mol. The van der Waals surface area contributed by atoms with Gasteiger partial charge in [0, 0.05) is 26.0 Å². The van der Waals surface area contributed by atoms with E-state index < -0.39 is 0 Å². The van der Waals surface area contributed by atoms with Gasteiger partial charge in [0.25, 0.3) is 0 Å². The molecule has 3 heterocycles. The molecule has 0 aromatic carbocycles. The maximum absolute atomic E-state index is 4.63. The van der Waals surface area contributed by atoms with Crippen LogP contribution in [0.1, 0.15) is 30.1 Å². The van der Waals surface area contributed by atoms with Crippen LogP contribution in [0.25, 0.3) is 0 Å². The minimum Gasteiger partial charge on any atom is -0.372 e. The Labute approximate surface area is 119 Å². The van der Waals surface area contributed by atoms with E-state index in [1.165, 1.54) is 12.0 Å². The minimum absolute atomic E-state index is 0.357. The molecule has 5 nitrogen and oxygen atoms in total. The topological polar surface area (TPSA) is 53.9 Å². The molecule has 1 fully saturated rings. The van der Waals surface area contributed by atoms with Crippen molar-refractivity contribution in [2.75, 3.05) is 18.9 Å². The SMILES string of the molecule is CNc1cncc([C@@H]2CCCN2Cc2cccnc2)n1. The highest BCUT2D eigenvalue weighted by Crippen LogP contribution is 2.32. The first-order chi connectivity index (χ1) is 9.86. The second-order valence-electron chi connectivity index (χ2n) is 5.07. The summed E-state index contributed by atoms with van der Waals surface area (Å²) < 4.78 is 0. The molecule has 0 unspecified atom stereocenters. The van der Waals surface area contributed by atoms with Gasteiger partial charge in [-0.1, -0.05) is 6.07 Å². The summed E-state index contributed by atoms with van der Waals surface area (Å²) in [7, 11) is 1.87. The molecule has 20 heavy (non-hydrogen) atoms. The summed E-state index contributed by atoms with van der Waals surface area (Å²) in [5.74, 6) is 0.829. The van der Waals surface area contributed by atoms with Crippen molar-refractivity contribution in [3.63, 3.8) is 0 Å². The normalized spacial score (nSPS) is 19.1. The van der Waals surface area contributed by atoms with Crippen molar-refractivity contribution in [1.82, 2.24) is 19.9 Å². The summed E-state index contributed by atoms with van der Waals surface area (Å²) in [6.07, 6.45) is 9.73. The Morgan fingerprint density at radius 3 is 3.05 bits per heavy atom. The molecule has 2 aromatic rings. The number of nitrogens with zero attached hydrogens (tertiary/aromatic N) is 4. The molecule has 5 heteroatoms. The van der Waals surface area contributed by atoms with Crippen LogP contribution in [0, 0.1) is 0 Å². The Morgan fingerprint density at radius 1 is 1.30 bits per heavy atom. The number of hydrogen-bond donors (Lipinski definition) is 1. The average molecular weight is 269 g/mol. The molecule has 1 saturated heterocycles. The zero-order chi connectivity index (χ0) is 13.8. The summed E-state index contributed by atoms with van der Waals surface area (Å²) in [4.78, 5) is 15.6. The third kappa shape index (κ3) is 2.77. The maximum atomic E-state index is 4.63. The second kappa shape index (κ2) is 5.96. The zero-order valence-corrected chi connectivity index (χ0v) is 11.7. The molecule has 1 aliphatic rings. The minimum atomic E-state index is 0.357. The average Bonchev–Trinajstić information content (AvgIpc) is 2.96. The highest BCUT2D eigenvalue weighted by molar-refractivity contribution is 5.31. The number of pyridine rings is 1. The van der Waals surface area contributed by atoms with Gasteiger partial charge in [-0.05, 0) is 31.0 Å². The number of nitrogens with one attached hydrogen (secondary N) is 1. The van der Waals surface area contributed by atoms with Gasteiger partial charge in [-0.15, -0.1) is 0 Å². The molecule has 1 atom stereocenters. The van der Waals surface area contributed by atoms with Gasteiger partial charge in [0.2, 0.25) is 0 Å². The summed E-state index contributed by atoms with van der Waals surface area (Å²) in [5, 5.41) is 3.05. The number of likely N-dealkylation sites (tertiary alicyclic amines) is 1. The van der Waals surface area contributed by atoms with Crippen LogP contribution < -0.4 is 5.32 Å². The van der Waals surface area contributed by atoms with E-state index in [1.807, 2.05) is 31.7 Å². The number of anilines is 1. The third-order valence-electron chi connectivity index (χ3n) is 3.72. The Bertz CT molecular complexity index is 557. The van der Waals surface area contributed by atoms with E-state index in [0.29, 0.717) is 6.04 Å². The fourth-order valence-electron chi connectivity index (χ4n) is 2.74. The summed E-state index contributed by atoms with van der Waals surface area (Å²) in [5.41, 5.74) is 2.30. The van der Waals surface area contributed by atoms with E-state index >= 15 is 0 Å². The molecular formula is C15H19N5. The number of rotatable bonds is 4. The van der Waals surface area contributed by atoms with Crippen LogP contribution in [0.4, 0.5) is 5.82 Å². The maximum Gasteiger partial charge on any atom is 0.144 e. The molecule has 0 saturated carbocycles. The van der Waals surface area contributed by atoms with Crippen LogP contribution in [0.15, 0.2) is 36.9 Å². The Hall–Kier alpha value is -2.01. The van der Waals surface area contributed by atoms with Crippen LogP contribution in [-0.4, -0.2) is 33.4 Å². The summed E-state index contributed by atoms with van der Waals surface area (Å²) in [6.45, 7) is 2.02. The fraction of sp³-hybridized carbons (Fsp3) is 0.400. The Kier molecular flexibility index (Phi) is 3.87. The van der Waals surface area contributed by atoms with Crippen LogP contribution >= 0.6 is 0 Å². The van der Waals surface area contributed by atoms with Crippen molar-refractivity contribution in [2.24, 2.45) is 0 Å². The first-order valence-electron chi connectivity index (χ1n) is 6.99. The van der Waals surface area contributed by atoms with Crippen molar-refractivity contribution in [1.29, 1.82) is 0 Å². The smallest absolute Gasteiger partial charge is 0.144 e. The molecule has 1 aliphatic heterocycles. The lowest BCUT2D eigenvalue weighted by atomic mass is 10.1. The van der Waals surface area contributed by atoms with Crippen LogP contribution in [0.2, 0.25) is 0 Å². The van der Waals surface area contributed by atoms with Crippen molar-refractivity contribution < 1.29 is 0 Å². The van der Waals surface area contributed by atoms with E-state index in [9.17, 15) is 0 Å². The van der Waals surface area contributed by atoms with Gasteiger partial charge < -0.3 is 5.32 Å². The third-order valence-corrected chi connectivity index (χ3v) is 3.72. The largest absolute Gasteiger partial charge is 0.372 e. The quantitative estimate of drug-likeness (QED) is 0.922. The highest BCUT2D eigenvalue weighted by atomic mass is 15.2. The van der Waals surface area contributed by atoms with Gasteiger partial charge in [0.1, 0.15) is 5.82 Å². The first kappa shape index (κ1) is 13.0. The van der Waals surface area contributed by atoms with Gasteiger partial charge >= 0.3 is 0 Å². The second-order valence-corrected chi connectivity index (χ2v) is 5.07. The highest BCUT2D eigenvalue weighted by Gasteiger charge is 2.27. The van der Waals surface area contributed by atoms with Gasteiger partial charge in [0.05, 0.1) is 24.1 Å². The fourth-order valence-corrected chi connectivity index (χ4v) is 2.74. The molecule has 0 spiro atoms. The van der Waals surface area contributed by atoms with Crippen LogP contribution in [0.5, 0.6) is 0 Å². The first-order valence-corrected chi connectivity index (χ1v) is 6.99. The van der Waals surface area contributed by atoms with Gasteiger partial charge in [-0.2, -0.15) is 0 Å². The molecule has 0 aliphatic carbocycles. The molecule has 3 rings (SSSR count). The molecule has 0 amide bonds. The Balaban J connectivity index is 1.78. The lowest BCUT2D eigenvalue weighted by Crippen LogP contribution is -2.23. The molecule has 0 bridgehead atoms. The van der Waals surface area contributed by atoms with Crippen molar-refractivity contribution in [3.05, 3.63) is 48.2 Å². The standard InChI is InChI=1S/C15H19N5/c1-16-15-10-18-9-13(19-15)14-5-3-7-20(14)11-12-4-2-6-17-8-12/h2,4,6,8-10,14H,3,5,7,11H2,1H3,(H,16,19)/t14-/m0/s1. The van der Waals surface area contributed by atoms with Gasteiger partial charge in [-0.25, -0.2) is 4.98 Å². The number of hydrogen-bond acceptors (Lipinski definition) is 5. The zero-order valence-electron chi connectivity index (χ0n) is 11.7. The van der Waals surface area contributed by atoms with Crippen molar-refractivity contribution >= 4 is 5.82 Å². The van der Waals surface area contributed by atoms with Crippen molar-refractivity contribution in [3.8, 4) is 0 Å². The van der Waals surface area contributed by atoms with Crippen LogP contribution in [-0.2, 0) is 6.54 Å². The Morgan fingerprint density at radius 2 is 2.25 bits per heavy atom. The van der Waals surface area contributed by atoms with Crippen molar-refractivity contribution in [2.45, 2.75) is 25.4 Å². The predicted molar refractivity (Wildman–Crippen MR) is 78.2 cm³/mol. The number of aromatic nitrogens is 3. The summed E-state index contributed by atoms with van der Waals surface area (Å²) in [6, 6.07) is 4.47. The lowest BCUT2D eigenvalue weighted by molar-refractivity contribution is 0.244. The lowest BCUT2D eigenvalue weighted by Gasteiger charge is -2.23. The summed E-state index contributed by atoms with van der Waals surface area (Å²) >= 11 is 0. The van der Waals surface area contributed by atoms with E-state index in [4.69, 9.17) is 0 Å². The predicted octanol–water partition coefficient (Wildman–Crippen LogP) is 2.25. The molecule has 0 radical (unpaired) electrons. The van der Waals surface area contributed by atoms with E-state index in [1.54, 1.807) is 6.20 Å². The molecule has 104 valence electrons. The molecular weight excluding hydrogens is 250 g/mol. The van der Waals surface area contributed by atoms with Crippen LogP contribution in [0.3, 0.4) is 0 Å².